The maximum absolute atomic E-state index is 3.57. The van der Waals surface area contributed by atoms with Gasteiger partial charge in [-0.3, -0.25) is 0 Å². The van der Waals surface area contributed by atoms with Gasteiger partial charge in [0.15, 0.2) is 0 Å². The second-order valence-electron chi connectivity index (χ2n) is 6.14. The van der Waals surface area contributed by atoms with E-state index in [4.69, 9.17) is 0 Å². The van der Waals surface area contributed by atoms with E-state index in [2.05, 4.69) is 71.1 Å². The highest BCUT2D eigenvalue weighted by molar-refractivity contribution is 5.30. The Morgan fingerprint density at radius 2 is 1.61 bits per heavy atom. The van der Waals surface area contributed by atoms with Gasteiger partial charge in [-0.05, 0) is 35.4 Å². The molecular weight excluding hydrogens is 218 g/mol. The van der Waals surface area contributed by atoms with Crippen LogP contribution in [-0.4, -0.2) is 6.54 Å². The summed E-state index contributed by atoms with van der Waals surface area (Å²) >= 11 is 0. The Bertz CT molecular complexity index is 348. The monoisotopic (exact) mass is 247 g/mol. The van der Waals surface area contributed by atoms with Crippen molar-refractivity contribution in [1.29, 1.82) is 0 Å². The first-order chi connectivity index (χ1) is 8.42. The van der Waals surface area contributed by atoms with Crippen LogP contribution in [0.25, 0.3) is 0 Å². The van der Waals surface area contributed by atoms with Crippen LogP contribution < -0.4 is 5.32 Å². The maximum atomic E-state index is 3.57. The molecule has 1 rings (SSSR count). The quantitative estimate of drug-likeness (QED) is 0.769. The van der Waals surface area contributed by atoms with Crippen molar-refractivity contribution < 1.29 is 0 Å². The lowest BCUT2D eigenvalue weighted by molar-refractivity contribution is 0.421. The van der Waals surface area contributed by atoms with Crippen molar-refractivity contribution in [2.24, 2.45) is 5.92 Å². The molecule has 0 aromatic heterocycles. The van der Waals surface area contributed by atoms with E-state index in [1.165, 1.54) is 17.5 Å². The lowest BCUT2D eigenvalue weighted by atomic mass is 9.81. The second kappa shape index (κ2) is 6.38. The van der Waals surface area contributed by atoms with E-state index in [0.29, 0.717) is 12.0 Å². The molecule has 0 aliphatic heterocycles. The molecule has 0 fully saturated rings. The fourth-order valence-corrected chi connectivity index (χ4v) is 2.30. The van der Waals surface area contributed by atoms with Crippen molar-refractivity contribution in [3.05, 3.63) is 35.4 Å². The van der Waals surface area contributed by atoms with Gasteiger partial charge in [0.2, 0.25) is 0 Å². The van der Waals surface area contributed by atoms with Crippen LogP contribution in [0.1, 0.15) is 65.1 Å². The zero-order valence-electron chi connectivity index (χ0n) is 12.9. The molecule has 0 amide bonds. The molecule has 102 valence electrons. The van der Waals surface area contributed by atoms with Crippen LogP contribution in [-0.2, 0) is 5.41 Å². The number of nitrogens with one attached hydrogen (secondary N) is 1. The van der Waals surface area contributed by atoms with Gasteiger partial charge in [-0.25, -0.2) is 0 Å². The third kappa shape index (κ3) is 3.58. The number of hydrogen-bond donors (Lipinski definition) is 1. The van der Waals surface area contributed by atoms with Crippen molar-refractivity contribution in [2.45, 2.75) is 59.4 Å². The Balaban J connectivity index is 2.93. The average Bonchev–Trinajstić information content (AvgIpc) is 2.36. The van der Waals surface area contributed by atoms with Gasteiger partial charge in [-0.2, -0.15) is 0 Å². The first-order valence-electron chi connectivity index (χ1n) is 7.26. The fourth-order valence-electron chi connectivity index (χ4n) is 2.30. The van der Waals surface area contributed by atoms with Gasteiger partial charge in [-0.15, -0.1) is 0 Å². The van der Waals surface area contributed by atoms with E-state index < -0.39 is 0 Å². The van der Waals surface area contributed by atoms with E-state index in [9.17, 15) is 0 Å². The Morgan fingerprint density at radius 1 is 1.06 bits per heavy atom. The Labute approximate surface area is 113 Å². The Hall–Kier alpha value is -0.820. The molecule has 0 heterocycles. The molecule has 0 saturated carbocycles. The standard InChI is InChI=1S/C17H29N/c1-7-17(5,6)15-11-9-14(10-12-15)16(13(3)4)18-8-2/h9-13,16,18H,7-8H2,1-6H3. The Morgan fingerprint density at radius 3 is 2.00 bits per heavy atom. The summed E-state index contributed by atoms with van der Waals surface area (Å²) in [5.41, 5.74) is 3.12. The van der Waals surface area contributed by atoms with Crippen molar-refractivity contribution in [3.8, 4) is 0 Å². The van der Waals surface area contributed by atoms with Gasteiger partial charge in [0.05, 0.1) is 0 Å². The van der Waals surface area contributed by atoms with Gasteiger partial charge < -0.3 is 5.32 Å². The van der Waals surface area contributed by atoms with Gasteiger partial charge in [0.25, 0.3) is 0 Å². The molecule has 18 heavy (non-hydrogen) atoms. The van der Waals surface area contributed by atoms with Gasteiger partial charge in [-0.1, -0.05) is 65.8 Å². The van der Waals surface area contributed by atoms with Crippen molar-refractivity contribution in [3.63, 3.8) is 0 Å². The third-order valence-corrected chi connectivity index (χ3v) is 4.03. The molecule has 1 unspecified atom stereocenters. The largest absolute Gasteiger partial charge is 0.310 e. The molecule has 1 heteroatoms. The molecule has 0 bridgehead atoms. The summed E-state index contributed by atoms with van der Waals surface area (Å²) in [5, 5.41) is 3.57. The van der Waals surface area contributed by atoms with E-state index in [1.54, 1.807) is 0 Å². The van der Waals surface area contributed by atoms with E-state index >= 15 is 0 Å². The third-order valence-electron chi connectivity index (χ3n) is 4.03. The van der Waals surface area contributed by atoms with Crippen molar-refractivity contribution in [2.75, 3.05) is 6.54 Å². The van der Waals surface area contributed by atoms with Gasteiger partial charge in [0.1, 0.15) is 0 Å². The number of benzene rings is 1. The van der Waals surface area contributed by atoms with Crippen LogP contribution in [0.15, 0.2) is 24.3 Å². The summed E-state index contributed by atoms with van der Waals surface area (Å²) in [5.74, 6) is 0.620. The Kier molecular flexibility index (Phi) is 5.40. The molecule has 0 spiro atoms. The summed E-state index contributed by atoms with van der Waals surface area (Å²) in [6.07, 6.45) is 1.17. The minimum absolute atomic E-state index is 0.282. The molecule has 1 nitrogen and oxygen atoms in total. The second-order valence-corrected chi connectivity index (χ2v) is 6.14. The lowest BCUT2D eigenvalue weighted by Crippen LogP contribution is -2.25. The highest BCUT2D eigenvalue weighted by atomic mass is 14.9. The predicted octanol–water partition coefficient (Wildman–Crippen LogP) is 4.68. The highest BCUT2D eigenvalue weighted by Crippen LogP contribution is 2.29. The van der Waals surface area contributed by atoms with Crippen molar-refractivity contribution >= 4 is 0 Å². The summed E-state index contributed by atoms with van der Waals surface area (Å²) in [7, 11) is 0. The topological polar surface area (TPSA) is 12.0 Å². The minimum atomic E-state index is 0.282. The zero-order valence-corrected chi connectivity index (χ0v) is 12.9. The fraction of sp³-hybridized carbons (Fsp3) is 0.647. The first-order valence-corrected chi connectivity index (χ1v) is 7.26. The van der Waals surface area contributed by atoms with Gasteiger partial charge in [0, 0.05) is 6.04 Å². The SMILES string of the molecule is CCNC(c1ccc(C(C)(C)CC)cc1)C(C)C. The van der Waals surface area contributed by atoms with Crippen LogP contribution in [0.4, 0.5) is 0 Å². The molecule has 0 radical (unpaired) electrons. The van der Waals surface area contributed by atoms with Gasteiger partial charge >= 0.3 is 0 Å². The molecule has 1 aromatic carbocycles. The number of hydrogen-bond acceptors (Lipinski definition) is 1. The molecular formula is C17H29N. The zero-order chi connectivity index (χ0) is 13.8. The van der Waals surface area contributed by atoms with Crippen molar-refractivity contribution in [1.82, 2.24) is 5.32 Å². The predicted molar refractivity (Wildman–Crippen MR) is 81.0 cm³/mol. The number of rotatable bonds is 6. The molecule has 1 atom stereocenters. The first kappa shape index (κ1) is 15.2. The van der Waals surface area contributed by atoms with Crippen LogP contribution >= 0.6 is 0 Å². The van der Waals surface area contributed by atoms with E-state index in [1.807, 2.05) is 0 Å². The summed E-state index contributed by atoms with van der Waals surface area (Å²) in [4.78, 5) is 0. The molecule has 0 aliphatic rings. The average molecular weight is 247 g/mol. The molecule has 0 saturated heterocycles. The van der Waals surface area contributed by atoms with E-state index in [0.717, 1.165) is 6.54 Å². The van der Waals surface area contributed by atoms with Crippen LogP contribution in [0.3, 0.4) is 0 Å². The maximum Gasteiger partial charge on any atom is 0.0343 e. The van der Waals surface area contributed by atoms with Crippen LogP contribution in [0.2, 0.25) is 0 Å². The molecule has 1 N–H and O–H groups in total. The summed E-state index contributed by atoms with van der Waals surface area (Å²) in [6, 6.07) is 9.64. The smallest absolute Gasteiger partial charge is 0.0343 e. The minimum Gasteiger partial charge on any atom is -0.310 e. The van der Waals surface area contributed by atoms with Crippen LogP contribution in [0.5, 0.6) is 0 Å². The lowest BCUT2D eigenvalue weighted by Gasteiger charge is -2.26. The summed E-state index contributed by atoms with van der Waals surface area (Å²) in [6.45, 7) is 14.6. The highest BCUT2D eigenvalue weighted by Gasteiger charge is 2.19. The normalized spacial score (nSPS) is 13.9. The molecule has 1 aromatic rings. The van der Waals surface area contributed by atoms with Crippen LogP contribution in [0, 0.1) is 5.92 Å². The van der Waals surface area contributed by atoms with E-state index in [-0.39, 0.29) is 5.41 Å². The molecule has 0 aliphatic carbocycles. The summed E-state index contributed by atoms with van der Waals surface area (Å²) < 4.78 is 0.